The zero-order valence-corrected chi connectivity index (χ0v) is 17.1. The van der Waals surface area contributed by atoms with Crippen LogP contribution in [-0.4, -0.2) is 43.0 Å². The molecule has 0 radical (unpaired) electrons. The quantitative estimate of drug-likeness (QED) is 0.785. The molecule has 3 rings (SSSR count). The molecule has 2 aromatic rings. The number of thiazole rings is 1. The number of rotatable bonds is 4. The Labute approximate surface area is 163 Å². The van der Waals surface area contributed by atoms with Crippen LogP contribution in [0.5, 0.6) is 0 Å². The van der Waals surface area contributed by atoms with E-state index in [1.165, 1.54) is 27.0 Å². The highest BCUT2D eigenvalue weighted by atomic mass is 35.5. The van der Waals surface area contributed by atoms with Crippen LogP contribution in [0.2, 0.25) is 8.67 Å². The molecule has 0 saturated carbocycles. The molecule has 0 bridgehead atoms. The second-order valence-electron chi connectivity index (χ2n) is 5.73. The van der Waals surface area contributed by atoms with Gasteiger partial charge in [0, 0.05) is 24.0 Å². The van der Waals surface area contributed by atoms with Crippen molar-refractivity contribution in [1.29, 1.82) is 0 Å². The Kier molecular flexibility index (Phi) is 5.72. The summed E-state index contributed by atoms with van der Waals surface area (Å²) in [6.07, 6.45) is 2.48. The Morgan fingerprint density at radius 2 is 2.20 bits per heavy atom. The van der Waals surface area contributed by atoms with E-state index in [4.69, 9.17) is 23.2 Å². The van der Waals surface area contributed by atoms with Crippen molar-refractivity contribution in [2.45, 2.75) is 12.8 Å². The van der Waals surface area contributed by atoms with Crippen LogP contribution >= 0.6 is 45.9 Å². The molecule has 0 aliphatic carbocycles. The van der Waals surface area contributed by atoms with E-state index in [1.54, 1.807) is 11.4 Å². The number of piperidine rings is 1. The third-order valence-corrected chi connectivity index (χ3v) is 7.41. The van der Waals surface area contributed by atoms with E-state index >= 15 is 0 Å². The Morgan fingerprint density at radius 3 is 2.84 bits per heavy atom. The molecule has 1 aliphatic heterocycles. The van der Waals surface area contributed by atoms with Crippen molar-refractivity contribution >= 4 is 66.9 Å². The van der Waals surface area contributed by atoms with E-state index in [-0.39, 0.29) is 18.4 Å². The largest absolute Gasteiger partial charge is 0.302 e. The third-order valence-electron chi connectivity index (χ3n) is 3.89. The average Bonchev–Trinajstić information content (AvgIpc) is 3.12. The molecule has 1 N–H and O–H groups in total. The van der Waals surface area contributed by atoms with Gasteiger partial charge in [-0.2, -0.15) is 0 Å². The lowest BCUT2D eigenvalue weighted by Gasteiger charge is -2.29. The van der Waals surface area contributed by atoms with Crippen LogP contribution < -0.4 is 5.32 Å². The predicted octanol–water partition coefficient (Wildman–Crippen LogP) is 3.79. The molecule has 1 atom stereocenters. The highest BCUT2D eigenvalue weighted by molar-refractivity contribution is 7.88. The minimum atomic E-state index is -3.29. The van der Waals surface area contributed by atoms with Crippen LogP contribution in [0.3, 0.4) is 0 Å². The maximum atomic E-state index is 12.4. The molecule has 1 aliphatic rings. The van der Waals surface area contributed by atoms with Crippen molar-refractivity contribution in [3.05, 3.63) is 20.1 Å². The summed E-state index contributed by atoms with van der Waals surface area (Å²) in [7, 11) is -3.29. The molecule has 136 valence electrons. The summed E-state index contributed by atoms with van der Waals surface area (Å²) >= 11 is 14.6. The number of hydrogen-bond donors (Lipinski definition) is 1. The van der Waals surface area contributed by atoms with Gasteiger partial charge in [0.05, 0.1) is 22.2 Å². The average molecular weight is 440 g/mol. The second-order valence-corrected chi connectivity index (χ2v) is 10.9. The van der Waals surface area contributed by atoms with Crippen molar-refractivity contribution in [1.82, 2.24) is 9.29 Å². The topological polar surface area (TPSA) is 79.4 Å². The zero-order valence-electron chi connectivity index (χ0n) is 13.2. The number of nitrogens with zero attached hydrogens (tertiary/aromatic N) is 2. The smallest absolute Gasteiger partial charge is 0.230 e. The molecule has 6 nitrogen and oxygen atoms in total. The zero-order chi connectivity index (χ0) is 18.2. The van der Waals surface area contributed by atoms with Crippen molar-refractivity contribution in [3.63, 3.8) is 0 Å². The lowest BCUT2D eigenvalue weighted by molar-refractivity contribution is -0.120. The van der Waals surface area contributed by atoms with E-state index in [9.17, 15) is 13.2 Å². The summed E-state index contributed by atoms with van der Waals surface area (Å²) in [5.74, 6) is -0.598. The highest BCUT2D eigenvalue weighted by Crippen LogP contribution is 2.39. The van der Waals surface area contributed by atoms with Gasteiger partial charge in [-0.1, -0.05) is 23.2 Å². The molecule has 2 aromatic heterocycles. The van der Waals surface area contributed by atoms with Gasteiger partial charge < -0.3 is 5.32 Å². The van der Waals surface area contributed by atoms with Crippen molar-refractivity contribution in [3.8, 4) is 11.3 Å². The first kappa shape index (κ1) is 19.1. The number of hydrogen-bond acceptors (Lipinski definition) is 6. The van der Waals surface area contributed by atoms with Crippen LogP contribution in [0, 0.1) is 5.92 Å². The SMILES string of the molecule is CS(=O)(=O)N1CCCC(C(=O)Nc2nc(-c3cc(Cl)sc3Cl)cs2)C1. The molecule has 1 unspecified atom stereocenters. The number of sulfonamides is 1. The predicted molar refractivity (Wildman–Crippen MR) is 103 cm³/mol. The normalized spacial score (nSPS) is 19.1. The van der Waals surface area contributed by atoms with Gasteiger partial charge in [-0.05, 0) is 18.9 Å². The minimum Gasteiger partial charge on any atom is -0.302 e. The van der Waals surface area contributed by atoms with Gasteiger partial charge in [-0.15, -0.1) is 22.7 Å². The summed E-state index contributed by atoms with van der Waals surface area (Å²) in [5, 5.41) is 5.02. The monoisotopic (exact) mass is 439 g/mol. The molecule has 1 saturated heterocycles. The number of amides is 1. The molecule has 1 fully saturated rings. The molecule has 0 aromatic carbocycles. The maximum absolute atomic E-state index is 12.4. The Balaban J connectivity index is 1.68. The molecule has 25 heavy (non-hydrogen) atoms. The number of anilines is 1. The lowest BCUT2D eigenvalue weighted by atomic mass is 9.99. The highest BCUT2D eigenvalue weighted by Gasteiger charge is 2.30. The Bertz CT molecular complexity index is 894. The molecule has 11 heteroatoms. The van der Waals surface area contributed by atoms with Crippen molar-refractivity contribution in [2.75, 3.05) is 24.7 Å². The van der Waals surface area contributed by atoms with E-state index in [0.29, 0.717) is 38.9 Å². The van der Waals surface area contributed by atoms with Crippen LogP contribution in [0.1, 0.15) is 12.8 Å². The number of nitrogens with one attached hydrogen (secondary N) is 1. The van der Waals surface area contributed by atoms with E-state index in [0.717, 1.165) is 11.8 Å². The Hall–Kier alpha value is -0.710. The fourth-order valence-corrected chi connectivity index (χ4v) is 5.74. The summed E-state index contributed by atoms with van der Waals surface area (Å²) < 4.78 is 25.8. The first-order chi connectivity index (χ1) is 11.7. The number of carbonyl (C=O) groups excluding carboxylic acids is 1. The molecule has 3 heterocycles. The number of thiophene rings is 1. The van der Waals surface area contributed by atoms with Crippen molar-refractivity contribution < 1.29 is 13.2 Å². The summed E-state index contributed by atoms with van der Waals surface area (Å²) in [6.45, 7) is 0.663. The van der Waals surface area contributed by atoms with E-state index < -0.39 is 10.0 Å². The van der Waals surface area contributed by atoms with Gasteiger partial charge >= 0.3 is 0 Å². The van der Waals surface area contributed by atoms with E-state index in [2.05, 4.69) is 10.3 Å². The maximum Gasteiger partial charge on any atom is 0.230 e. The molecular weight excluding hydrogens is 425 g/mol. The fraction of sp³-hybridized carbons (Fsp3) is 0.429. The Morgan fingerprint density at radius 1 is 1.44 bits per heavy atom. The standard InChI is InChI=1S/C14H15Cl2N3O3S3/c1-25(21,22)19-4-2-3-8(6-19)13(20)18-14-17-10(7-23-14)9-5-11(15)24-12(9)16/h5,7-8H,2-4,6H2,1H3,(H,17,18,20). The van der Waals surface area contributed by atoms with Gasteiger partial charge in [-0.3, -0.25) is 4.79 Å². The minimum absolute atomic E-state index is 0.203. The van der Waals surface area contributed by atoms with Crippen LogP contribution in [0.25, 0.3) is 11.3 Å². The van der Waals surface area contributed by atoms with Gasteiger partial charge in [0.2, 0.25) is 15.9 Å². The summed E-state index contributed by atoms with van der Waals surface area (Å²) in [5.41, 5.74) is 1.38. The molecule has 1 amide bonds. The van der Waals surface area contributed by atoms with Gasteiger partial charge in [-0.25, -0.2) is 17.7 Å². The van der Waals surface area contributed by atoms with Gasteiger partial charge in [0.15, 0.2) is 5.13 Å². The van der Waals surface area contributed by atoms with Gasteiger partial charge in [0.1, 0.15) is 4.34 Å². The van der Waals surface area contributed by atoms with E-state index in [1.807, 2.05) is 0 Å². The summed E-state index contributed by atoms with van der Waals surface area (Å²) in [6, 6.07) is 1.74. The first-order valence-corrected chi connectivity index (χ1v) is 11.7. The molecule has 0 spiro atoms. The van der Waals surface area contributed by atoms with Crippen molar-refractivity contribution in [2.24, 2.45) is 5.92 Å². The number of carbonyl (C=O) groups is 1. The summed E-state index contributed by atoms with van der Waals surface area (Å²) in [4.78, 5) is 16.8. The van der Waals surface area contributed by atoms with Crippen LogP contribution in [0.4, 0.5) is 5.13 Å². The van der Waals surface area contributed by atoms with Crippen LogP contribution in [-0.2, 0) is 14.8 Å². The first-order valence-electron chi connectivity index (χ1n) is 7.41. The second kappa shape index (κ2) is 7.50. The number of aromatic nitrogens is 1. The third kappa shape index (κ3) is 4.53. The van der Waals surface area contributed by atoms with Crippen LogP contribution in [0.15, 0.2) is 11.4 Å². The fourth-order valence-electron chi connectivity index (χ4n) is 2.63. The lowest BCUT2D eigenvalue weighted by Crippen LogP contribution is -2.43. The number of halogens is 2. The van der Waals surface area contributed by atoms with Gasteiger partial charge in [0.25, 0.3) is 0 Å². The molecular formula is C14H15Cl2N3O3S3.